The zero-order valence-corrected chi connectivity index (χ0v) is 16.3. The van der Waals surface area contributed by atoms with Crippen molar-refractivity contribution in [2.75, 3.05) is 12.4 Å². The summed E-state index contributed by atoms with van der Waals surface area (Å²) in [5.41, 5.74) is -0.306. The fraction of sp³-hybridized carbons (Fsp3) is 0.167. The first-order chi connectivity index (χ1) is 13.8. The van der Waals surface area contributed by atoms with E-state index in [4.69, 9.17) is 4.74 Å². The second-order valence-electron chi connectivity index (χ2n) is 5.69. The highest BCUT2D eigenvalue weighted by Crippen LogP contribution is 2.34. The molecule has 3 rings (SSSR count). The number of nitrogens with one attached hydrogen (secondary N) is 1. The van der Waals surface area contributed by atoms with Gasteiger partial charge in [-0.15, -0.1) is 0 Å². The zero-order chi connectivity index (χ0) is 21.1. The van der Waals surface area contributed by atoms with Gasteiger partial charge in [-0.25, -0.2) is 32.3 Å². The van der Waals surface area contributed by atoms with Crippen molar-refractivity contribution < 1.29 is 31.8 Å². The fourth-order valence-corrected chi connectivity index (χ4v) is 3.00. The van der Waals surface area contributed by atoms with Crippen molar-refractivity contribution in [2.45, 2.75) is 6.04 Å². The number of carbonyl (C=O) groups is 1. The molecule has 1 aromatic carbocycles. The van der Waals surface area contributed by atoms with Gasteiger partial charge >= 0.3 is 6.16 Å². The van der Waals surface area contributed by atoms with Crippen LogP contribution in [0.2, 0.25) is 0 Å². The quantitative estimate of drug-likeness (QED) is 0.410. The van der Waals surface area contributed by atoms with Gasteiger partial charge in [0.15, 0.2) is 17.4 Å². The van der Waals surface area contributed by atoms with E-state index in [9.17, 15) is 22.4 Å². The van der Waals surface area contributed by atoms with Crippen LogP contribution in [-0.4, -0.2) is 29.4 Å². The molecule has 11 heteroatoms. The maximum Gasteiger partial charge on any atom is 0.513 e. The first kappa shape index (κ1) is 20.8. The van der Waals surface area contributed by atoms with E-state index in [-0.39, 0.29) is 33.9 Å². The Balaban J connectivity index is 2.16. The van der Waals surface area contributed by atoms with Gasteiger partial charge in [0.05, 0.1) is 19.0 Å². The van der Waals surface area contributed by atoms with E-state index >= 15 is 0 Å². The SMILES string of the molecule is COC(=O)OC1=C(CBr)NC(c2ncc(F)cc2F)=NC1c1ccc(F)cc1F. The molecule has 0 radical (unpaired) electrons. The number of allylic oxidation sites excluding steroid dienone is 1. The third kappa shape index (κ3) is 4.39. The highest BCUT2D eigenvalue weighted by atomic mass is 79.9. The minimum absolute atomic E-state index is 0.0560. The molecule has 1 atom stereocenters. The number of ether oxygens (including phenoxy) is 2. The predicted molar refractivity (Wildman–Crippen MR) is 97.2 cm³/mol. The molecule has 1 N–H and O–H groups in total. The van der Waals surface area contributed by atoms with Gasteiger partial charge in [-0.3, -0.25) is 0 Å². The topological polar surface area (TPSA) is 72.8 Å². The first-order valence-electron chi connectivity index (χ1n) is 8.00. The Morgan fingerprint density at radius 3 is 2.52 bits per heavy atom. The number of amidine groups is 1. The van der Waals surface area contributed by atoms with Crippen molar-refractivity contribution in [3.05, 3.63) is 76.4 Å². The summed E-state index contributed by atoms with van der Waals surface area (Å²) < 4.78 is 64.8. The zero-order valence-electron chi connectivity index (χ0n) is 14.7. The molecular weight excluding hydrogens is 462 g/mol. The van der Waals surface area contributed by atoms with Gasteiger partial charge in [0, 0.05) is 23.0 Å². The number of nitrogens with zero attached hydrogens (tertiary/aromatic N) is 2. The summed E-state index contributed by atoms with van der Waals surface area (Å²) in [7, 11) is 1.08. The molecule has 2 aromatic rings. The van der Waals surface area contributed by atoms with Crippen LogP contribution in [0.5, 0.6) is 0 Å². The van der Waals surface area contributed by atoms with Crippen LogP contribution >= 0.6 is 15.9 Å². The molecule has 152 valence electrons. The second-order valence-corrected chi connectivity index (χ2v) is 6.25. The molecular formula is C18H12BrF4N3O3. The van der Waals surface area contributed by atoms with Crippen molar-refractivity contribution in [1.29, 1.82) is 0 Å². The van der Waals surface area contributed by atoms with Crippen LogP contribution in [0.25, 0.3) is 0 Å². The van der Waals surface area contributed by atoms with Gasteiger partial charge in [0.2, 0.25) is 0 Å². The van der Waals surface area contributed by atoms with Crippen LogP contribution in [0.15, 0.2) is 46.9 Å². The number of rotatable bonds is 4. The number of benzene rings is 1. The normalized spacial score (nSPS) is 16.2. The average Bonchev–Trinajstić information content (AvgIpc) is 2.68. The van der Waals surface area contributed by atoms with Crippen molar-refractivity contribution >= 4 is 27.9 Å². The molecule has 6 nitrogen and oxygen atoms in total. The lowest BCUT2D eigenvalue weighted by Gasteiger charge is -2.27. The Bertz CT molecular complexity index is 1030. The number of hydrogen-bond acceptors (Lipinski definition) is 6. The third-order valence-electron chi connectivity index (χ3n) is 3.86. The molecule has 1 unspecified atom stereocenters. The molecule has 0 aliphatic carbocycles. The van der Waals surface area contributed by atoms with Crippen LogP contribution < -0.4 is 5.32 Å². The molecule has 0 fully saturated rings. The highest BCUT2D eigenvalue weighted by Gasteiger charge is 2.32. The molecule has 0 amide bonds. The van der Waals surface area contributed by atoms with E-state index in [2.05, 4.69) is 36.0 Å². The van der Waals surface area contributed by atoms with Crippen LogP contribution in [-0.2, 0) is 9.47 Å². The van der Waals surface area contributed by atoms with Gasteiger partial charge in [-0.05, 0) is 6.07 Å². The van der Waals surface area contributed by atoms with Crippen molar-refractivity contribution in [3.8, 4) is 0 Å². The Hall–Kier alpha value is -2.95. The lowest BCUT2D eigenvalue weighted by Crippen LogP contribution is -2.34. The lowest BCUT2D eigenvalue weighted by atomic mass is 10.0. The summed E-state index contributed by atoms with van der Waals surface area (Å²) in [5, 5.41) is 2.77. The van der Waals surface area contributed by atoms with E-state index in [1.54, 1.807) is 0 Å². The van der Waals surface area contributed by atoms with E-state index in [0.29, 0.717) is 12.1 Å². The molecule has 2 heterocycles. The summed E-state index contributed by atoms with van der Waals surface area (Å²) in [6.45, 7) is 0. The fourth-order valence-electron chi connectivity index (χ4n) is 2.58. The van der Waals surface area contributed by atoms with E-state index < -0.39 is 35.5 Å². The Morgan fingerprint density at radius 1 is 1.17 bits per heavy atom. The number of aliphatic imine (C=N–C) groups is 1. The predicted octanol–water partition coefficient (Wildman–Crippen LogP) is 4.12. The van der Waals surface area contributed by atoms with Crippen LogP contribution in [0.3, 0.4) is 0 Å². The summed E-state index contributed by atoms with van der Waals surface area (Å²) in [5.74, 6) is -4.01. The third-order valence-corrected chi connectivity index (χ3v) is 4.42. The molecule has 0 saturated heterocycles. The number of hydrogen-bond donors (Lipinski definition) is 1. The number of aromatic nitrogens is 1. The van der Waals surface area contributed by atoms with Crippen molar-refractivity contribution in [3.63, 3.8) is 0 Å². The van der Waals surface area contributed by atoms with E-state index in [0.717, 1.165) is 25.4 Å². The van der Waals surface area contributed by atoms with Crippen molar-refractivity contribution in [2.24, 2.45) is 4.99 Å². The van der Waals surface area contributed by atoms with Crippen LogP contribution in [0.4, 0.5) is 22.4 Å². The molecule has 0 saturated carbocycles. The summed E-state index contributed by atoms with van der Waals surface area (Å²) in [6.07, 6.45) is -0.314. The first-order valence-corrected chi connectivity index (χ1v) is 9.12. The molecule has 1 aliphatic heterocycles. The minimum Gasteiger partial charge on any atom is -0.437 e. The number of alkyl halides is 1. The minimum atomic E-state index is -1.30. The number of halogens is 5. The van der Waals surface area contributed by atoms with Gasteiger partial charge in [-0.2, -0.15) is 0 Å². The van der Waals surface area contributed by atoms with E-state index in [1.807, 2.05) is 0 Å². The number of pyridine rings is 1. The van der Waals surface area contributed by atoms with Crippen molar-refractivity contribution in [1.82, 2.24) is 10.3 Å². The number of carbonyl (C=O) groups excluding carboxylic acids is 1. The summed E-state index contributed by atoms with van der Waals surface area (Å²) in [6, 6.07) is 2.05. The lowest BCUT2D eigenvalue weighted by molar-refractivity contribution is 0.0911. The maximum absolute atomic E-state index is 14.4. The molecule has 1 aliphatic rings. The monoisotopic (exact) mass is 473 g/mol. The van der Waals surface area contributed by atoms with Gasteiger partial charge in [0.25, 0.3) is 0 Å². The van der Waals surface area contributed by atoms with Gasteiger partial charge in [0.1, 0.15) is 29.2 Å². The largest absolute Gasteiger partial charge is 0.513 e. The highest BCUT2D eigenvalue weighted by molar-refractivity contribution is 9.09. The Kier molecular flexibility index (Phi) is 6.16. The number of methoxy groups -OCH3 is 1. The standard InChI is InChI=1S/C18H12BrF4N3O3/c1-28-18(27)29-16-13(6-19)25-17(15-12(23)5-9(21)7-24-15)26-14(16)10-3-2-8(20)4-11(10)22/h2-5,7,14H,6H2,1H3,(H,25,26). The molecule has 0 bridgehead atoms. The van der Waals surface area contributed by atoms with Crippen LogP contribution in [0.1, 0.15) is 17.3 Å². The Morgan fingerprint density at radius 2 is 1.90 bits per heavy atom. The molecule has 29 heavy (non-hydrogen) atoms. The molecule has 0 spiro atoms. The molecule has 1 aromatic heterocycles. The van der Waals surface area contributed by atoms with Gasteiger partial charge in [-0.1, -0.05) is 22.0 Å². The van der Waals surface area contributed by atoms with Crippen LogP contribution in [0, 0.1) is 23.3 Å². The van der Waals surface area contributed by atoms with Gasteiger partial charge < -0.3 is 14.8 Å². The summed E-state index contributed by atoms with van der Waals surface area (Å²) in [4.78, 5) is 19.5. The maximum atomic E-state index is 14.4. The van der Waals surface area contributed by atoms with E-state index in [1.165, 1.54) is 0 Å². The smallest absolute Gasteiger partial charge is 0.437 e. The Labute approximate surface area is 170 Å². The second kappa shape index (κ2) is 8.60. The summed E-state index contributed by atoms with van der Waals surface area (Å²) >= 11 is 3.19. The average molecular weight is 474 g/mol.